The van der Waals surface area contributed by atoms with Crippen LogP contribution in [0.5, 0.6) is 0 Å². The van der Waals surface area contributed by atoms with Crippen molar-refractivity contribution in [1.82, 2.24) is 24.7 Å². The van der Waals surface area contributed by atoms with Gasteiger partial charge in [-0.2, -0.15) is 0 Å². The lowest BCUT2D eigenvalue weighted by atomic mass is 10.2. The fourth-order valence-corrected chi connectivity index (χ4v) is 2.94. The highest BCUT2D eigenvalue weighted by atomic mass is 16.2. The minimum atomic E-state index is -0.207. The Labute approximate surface area is 154 Å². The lowest BCUT2D eigenvalue weighted by Gasteiger charge is -2.35. The summed E-state index contributed by atoms with van der Waals surface area (Å²) < 4.78 is 0. The molecule has 1 saturated heterocycles. The molecule has 8 heteroatoms. The van der Waals surface area contributed by atoms with Gasteiger partial charge < -0.3 is 14.7 Å². The van der Waals surface area contributed by atoms with Crippen molar-refractivity contribution < 1.29 is 14.4 Å². The molecule has 2 rings (SSSR count). The van der Waals surface area contributed by atoms with Crippen molar-refractivity contribution in [1.29, 1.82) is 0 Å². The normalized spacial score (nSPS) is 15.5. The summed E-state index contributed by atoms with van der Waals surface area (Å²) in [5.41, 5.74) is 0.287. The third-order valence-electron chi connectivity index (χ3n) is 4.81. The maximum absolute atomic E-state index is 12.7. The van der Waals surface area contributed by atoms with Gasteiger partial charge in [0.15, 0.2) is 0 Å². The van der Waals surface area contributed by atoms with Crippen molar-refractivity contribution in [2.45, 2.75) is 39.7 Å². The van der Waals surface area contributed by atoms with Crippen LogP contribution in [0, 0.1) is 0 Å². The molecule has 2 heterocycles. The number of hydrogen-bond donors (Lipinski definition) is 0. The van der Waals surface area contributed by atoms with Gasteiger partial charge in [-0.25, -0.2) is 4.98 Å². The summed E-state index contributed by atoms with van der Waals surface area (Å²) in [6.45, 7) is 8.06. The van der Waals surface area contributed by atoms with Crippen molar-refractivity contribution in [2.24, 2.45) is 0 Å². The fraction of sp³-hybridized carbons (Fsp3) is 0.611. The number of carbonyl (C=O) groups excluding carboxylic acids is 3. The van der Waals surface area contributed by atoms with Crippen LogP contribution in [0.1, 0.15) is 44.1 Å². The van der Waals surface area contributed by atoms with Crippen LogP contribution in [-0.4, -0.2) is 81.2 Å². The molecule has 3 amide bonds. The number of nitrogens with zero attached hydrogens (tertiary/aromatic N) is 5. The molecule has 0 N–H and O–H groups in total. The average Bonchev–Trinajstić information content (AvgIpc) is 2.68. The Morgan fingerprint density at radius 3 is 2.35 bits per heavy atom. The topological polar surface area (TPSA) is 86.7 Å². The SMILES string of the molecule is CC[C@H](C)N(CCC(=O)N1CCN(C(C)=O)CC1)C(=O)c1cnccn1. The van der Waals surface area contributed by atoms with Gasteiger partial charge in [-0.3, -0.25) is 19.4 Å². The molecule has 1 atom stereocenters. The summed E-state index contributed by atoms with van der Waals surface area (Å²) in [7, 11) is 0. The summed E-state index contributed by atoms with van der Waals surface area (Å²) in [6, 6.07) is 0.00636. The zero-order valence-corrected chi connectivity index (χ0v) is 15.7. The lowest BCUT2D eigenvalue weighted by molar-refractivity contribution is -0.138. The van der Waals surface area contributed by atoms with E-state index in [4.69, 9.17) is 0 Å². The highest BCUT2D eigenvalue weighted by Crippen LogP contribution is 2.11. The second-order valence-electron chi connectivity index (χ2n) is 6.48. The zero-order chi connectivity index (χ0) is 19.1. The molecule has 1 aromatic heterocycles. The van der Waals surface area contributed by atoms with Crippen LogP contribution in [0.2, 0.25) is 0 Å². The molecule has 0 spiro atoms. The molecule has 8 nitrogen and oxygen atoms in total. The van der Waals surface area contributed by atoms with E-state index in [1.807, 2.05) is 13.8 Å². The number of aromatic nitrogens is 2. The van der Waals surface area contributed by atoms with E-state index in [9.17, 15) is 14.4 Å². The minimum Gasteiger partial charge on any atom is -0.339 e. The summed E-state index contributed by atoms with van der Waals surface area (Å²) in [5.74, 6) is -0.162. The largest absolute Gasteiger partial charge is 0.339 e. The molecule has 0 aliphatic carbocycles. The Bertz CT molecular complexity index is 629. The molecule has 0 bridgehead atoms. The Morgan fingerprint density at radius 2 is 1.81 bits per heavy atom. The van der Waals surface area contributed by atoms with Crippen molar-refractivity contribution >= 4 is 17.7 Å². The predicted octanol–water partition coefficient (Wildman–Crippen LogP) is 0.798. The van der Waals surface area contributed by atoms with Crippen LogP contribution in [0.25, 0.3) is 0 Å². The Kier molecular flexibility index (Phi) is 7.06. The molecule has 0 aromatic carbocycles. The smallest absolute Gasteiger partial charge is 0.274 e. The number of carbonyl (C=O) groups is 3. The van der Waals surface area contributed by atoms with Gasteiger partial charge in [0.05, 0.1) is 6.20 Å². The quantitative estimate of drug-likeness (QED) is 0.748. The molecule has 1 fully saturated rings. The number of piperazine rings is 1. The van der Waals surface area contributed by atoms with E-state index in [0.717, 1.165) is 6.42 Å². The molecular weight excluding hydrogens is 334 g/mol. The summed E-state index contributed by atoms with van der Waals surface area (Å²) in [4.78, 5) is 49.8. The van der Waals surface area contributed by atoms with Crippen LogP contribution >= 0.6 is 0 Å². The van der Waals surface area contributed by atoms with E-state index in [0.29, 0.717) is 32.7 Å². The van der Waals surface area contributed by atoms with Gasteiger partial charge in [0, 0.05) is 64.5 Å². The monoisotopic (exact) mass is 361 g/mol. The molecule has 1 aromatic rings. The summed E-state index contributed by atoms with van der Waals surface area (Å²) in [5, 5.41) is 0. The standard InChI is InChI=1S/C18H27N5O3/c1-4-14(2)23(18(26)16-13-19-6-7-20-16)8-5-17(25)22-11-9-21(10-12-22)15(3)24/h6-7,13-14H,4-5,8-12H2,1-3H3/t14-/m0/s1. The van der Waals surface area contributed by atoms with Crippen molar-refractivity contribution in [2.75, 3.05) is 32.7 Å². The highest BCUT2D eigenvalue weighted by Gasteiger charge is 2.25. The Hall–Kier alpha value is -2.51. The average molecular weight is 361 g/mol. The van der Waals surface area contributed by atoms with Crippen molar-refractivity contribution in [3.8, 4) is 0 Å². The summed E-state index contributed by atoms with van der Waals surface area (Å²) in [6.07, 6.45) is 5.50. The van der Waals surface area contributed by atoms with Gasteiger partial charge in [0.25, 0.3) is 5.91 Å². The predicted molar refractivity (Wildman–Crippen MR) is 96.3 cm³/mol. The first-order valence-electron chi connectivity index (χ1n) is 9.04. The second kappa shape index (κ2) is 9.26. The van der Waals surface area contributed by atoms with Gasteiger partial charge in [-0.05, 0) is 13.3 Å². The van der Waals surface area contributed by atoms with Crippen LogP contribution in [0.4, 0.5) is 0 Å². The number of hydrogen-bond acceptors (Lipinski definition) is 5. The van der Waals surface area contributed by atoms with E-state index >= 15 is 0 Å². The molecule has 1 aliphatic rings. The number of amides is 3. The third kappa shape index (κ3) is 5.00. The number of rotatable bonds is 6. The zero-order valence-electron chi connectivity index (χ0n) is 15.7. The molecule has 1 aliphatic heterocycles. The lowest BCUT2D eigenvalue weighted by Crippen LogP contribution is -2.50. The van der Waals surface area contributed by atoms with Crippen LogP contribution < -0.4 is 0 Å². The molecule has 0 unspecified atom stereocenters. The molecule has 0 saturated carbocycles. The van der Waals surface area contributed by atoms with Gasteiger partial charge in [-0.15, -0.1) is 0 Å². The minimum absolute atomic E-state index is 0.00636. The first-order chi connectivity index (χ1) is 12.4. The summed E-state index contributed by atoms with van der Waals surface area (Å²) >= 11 is 0. The van der Waals surface area contributed by atoms with Crippen LogP contribution in [0.3, 0.4) is 0 Å². The van der Waals surface area contributed by atoms with E-state index < -0.39 is 0 Å². The molecule has 0 radical (unpaired) electrons. The van der Waals surface area contributed by atoms with Crippen LogP contribution in [-0.2, 0) is 9.59 Å². The van der Waals surface area contributed by atoms with E-state index in [-0.39, 0.29) is 35.9 Å². The van der Waals surface area contributed by atoms with Gasteiger partial charge in [0.2, 0.25) is 11.8 Å². The first-order valence-corrected chi connectivity index (χ1v) is 9.04. The van der Waals surface area contributed by atoms with E-state index in [1.165, 1.54) is 18.6 Å². The first kappa shape index (κ1) is 19.8. The Balaban J connectivity index is 1.94. The van der Waals surface area contributed by atoms with Gasteiger partial charge in [-0.1, -0.05) is 6.92 Å². The molecule has 142 valence electrons. The maximum Gasteiger partial charge on any atom is 0.274 e. The van der Waals surface area contributed by atoms with E-state index in [1.54, 1.807) is 21.6 Å². The van der Waals surface area contributed by atoms with Crippen molar-refractivity contribution in [3.05, 3.63) is 24.3 Å². The third-order valence-corrected chi connectivity index (χ3v) is 4.81. The fourth-order valence-electron chi connectivity index (χ4n) is 2.94. The highest BCUT2D eigenvalue weighted by molar-refractivity contribution is 5.92. The second-order valence-corrected chi connectivity index (χ2v) is 6.48. The maximum atomic E-state index is 12.7. The molecular formula is C18H27N5O3. The van der Waals surface area contributed by atoms with Crippen molar-refractivity contribution in [3.63, 3.8) is 0 Å². The Morgan fingerprint density at radius 1 is 1.15 bits per heavy atom. The van der Waals surface area contributed by atoms with E-state index in [2.05, 4.69) is 9.97 Å². The van der Waals surface area contributed by atoms with Gasteiger partial charge in [0.1, 0.15) is 5.69 Å². The van der Waals surface area contributed by atoms with Crippen LogP contribution in [0.15, 0.2) is 18.6 Å². The van der Waals surface area contributed by atoms with Gasteiger partial charge >= 0.3 is 0 Å². The molecule has 26 heavy (non-hydrogen) atoms.